The average molecular weight is 335 g/mol. The molecule has 7 nitrogen and oxygen atoms in total. The quantitative estimate of drug-likeness (QED) is 0.534. The summed E-state index contributed by atoms with van der Waals surface area (Å²) in [6.45, 7) is -0.119. The SMILES string of the molecule is Cn1nc(C(=O)OCc2nc3ccccc3o2)c2ccccc2c1=O. The second kappa shape index (κ2) is 5.86. The number of benzene rings is 2. The number of nitrogens with zero attached hydrogens (tertiary/aromatic N) is 3. The summed E-state index contributed by atoms with van der Waals surface area (Å²) in [7, 11) is 1.49. The van der Waals surface area contributed by atoms with E-state index in [-0.39, 0.29) is 17.9 Å². The van der Waals surface area contributed by atoms with Gasteiger partial charge in [-0.3, -0.25) is 4.79 Å². The van der Waals surface area contributed by atoms with Crippen molar-refractivity contribution < 1.29 is 13.9 Å². The number of hydrogen-bond donors (Lipinski definition) is 0. The zero-order valence-corrected chi connectivity index (χ0v) is 13.3. The maximum Gasteiger partial charge on any atom is 0.359 e. The van der Waals surface area contributed by atoms with Crippen molar-refractivity contribution in [2.24, 2.45) is 7.05 Å². The maximum atomic E-state index is 12.4. The lowest BCUT2D eigenvalue weighted by atomic mass is 10.1. The number of carbonyl (C=O) groups is 1. The van der Waals surface area contributed by atoms with Gasteiger partial charge in [-0.15, -0.1) is 0 Å². The van der Waals surface area contributed by atoms with Crippen molar-refractivity contribution in [1.29, 1.82) is 0 Å². The molecule has 25 heavy (non-hydrogen) atoms. The van der Waals surface area contributed by atoms with Gasteiger partial charge >= 0.3 is 5.97 Å². The first kappa shape index (κ1) is 15.1. The van der Waals surface area contributed by atoms with Crippen LogP contribution in [0.5, 0.6) is 0 Å². The molecule has 0 radical (unpaired) electrons. The van der Waals surface area contributed by atoms with Crippen molar-refractivity contribution in [1.82, 2.24) is 14.8 Å². The molecule has 0 fully saturated rings. The number of aryl methyl sites for hydroxylation is 1. The van der Waals surface area contributed by atoms with E-state index >= 15 is 0 Å². The second-order valence-corrected chi connectivity index (χ2v) is 5.47. The highest BCUT2D eigenvalue weighted by molar-refractivity contribution is 6.02. The largest absolute Gasteiger partial charge is 0.451 e. The fourth-order valence-corrected chi connectivity index (χ4v) is 2.63. The van der Waals surface area contributed by atoms with Gasteiger partial charge in [-0.25, -0.2) is 14.5 Å². The summed E-state index contributed by atoms with van der Waals surface area (Å²) in [6.07, 6.45) is 0. The molecule has 0 aliphatic heterocycles. The molecule has 0 amide bonds. The number of hydrogen-bond acceptors (Lipinski definition) is 6. The topological polar surface area (TPSA) is 87.2 Å². The molecule has 0 saturated carbocycles. The van der Waals surface area contributed by atoms with Gasteiger partial charge in [0, 0.05) is 12.4 Å². The summed E-state index contributed by atoms with van der Waals surface area (Å²) in [5, 5.41) is 4.90. The molecular weight excluding hydrogens is 322 g/mol. The van der Waals surface area contributed by atoms with E-state index in [1.165, 1.54) is 7.05 Å². The van der Waals surface area contributed by atoms with Crippen molar-refractivity contribution in [2.45, 2.75) is 6.61 Å². The third-order valence-corrected chi connectivity index (χ3v) is 3.81. The van der Waals surface area contributed by atoms with Gasteiger partial charge in [0.15, 0.2) is 17.9 Å². The standard InChI is InChI=1S/C18H13N3O4/c1-21-17(22)12-7-3-2-6-11(12)16(20-21)18(23)24-10-15-19-13-8-4-5-9-14(13)25-15/h2-9H,10H2,1H3. The highest BCUT2D eigenvalue weighted by Gasteiger charge is 2.18. The van der Waals surface area contributed by atoms with Crippen molar-refractivity contribution in [3.05, 3.63) is 70.5 Å². The predicted molar refractivity (Wildman–Crippen MR) is 90.1 cm³/mol. The number of rotatable bonds is 3. The van der Waals surface area contributed by atoms with Crippen LogP contribution in [-0.4, -0.2) is 20.7 Å². The Hall–Kier alpha value is -3.48. The van der Waals surface area contributed by atoms with Gasteiger partial charge in [-0.2, -0.15) is 5.10 Å². The highest BCUT2D eigenvalue weighted by Crippen LogP contribution is 2.17. The maximum absolute atomic E-state index is 12.4. The minimum atomic E-state index is -0.644. The smallest absolute Gasteiger partial charge is 0.359 e. The Morgan fingerprint density at radius 1 is 1.12 bits per heavy atom. The van der Waals surface area contributed by atoms with Crippen LogP contribution in [0.25, 0.3) is 21.9 Å². The highest BCUT2D eigenvalue weighted by atomic mass is 16.5. The summed E-state index contributed by atoms with van der Waals surface area (Å²) in [5.74, 6) is -0.349. The normalized spacial score (nSPS) is 11.1. The van der Waals surface area contributed by atoms with Gasteiger partial charge in [0.25, 0.3) is 5.56 Å². The van der Waals surface area contributed by atoms with E-state index in [9.17, 15) is 9.59 Å². The Morgan fingerprint density at radius 2 is 1.84 bits per heavy atom. The van der Waals surface area contributed by atoms with Crippen LogP contribution in [0.15, 0.2) is 57.7 Å². The molecule has 0 atom stereocenters. The van der Waals surface area contributed by atoms with E-state index in [4.69, 9.17) is 9.15 Å². The number of oxazole rings is 1. The predicted octanol–water partition coefficient (Wildman–Crippen LogP) is 2.43. The molecule has 2 aromatic heterocycles. The van der Waals surface area contributed by atoms with Crippen molar-refractivity contribution in [2.75, 3.05) is 0 Å². The van der Waals surface area contributed by atoms with E-state index in [1.54, 1.807) is 30.3 Å². The van der Waals surface area contributed by atoms with E-state index in [0.29, 0.717) is 27.8 Å². The van der Waals surface area contributed by atoms with Crippen LogP contribution in [0.4, 0.5) is 0 Å². The molecule has 0 spiro atoms. The first-order chi connectivity index (χ1) is 12.1. The van der Waals surface area contributed by atoms with Gasteiger partial charge in [-0.1, -0.05) is 30.3 Å². The van der Waals surface area contributed by atoms with E-state index < -0.39 is 5.97 Å². The van der Waals surface area contributed by atoms with Crippen LogP contribution in [0.1, 0.15) is 16.4 Å². The summed E-state index contributed by atoms with van der Waals surface area (Å²) >= 11 is 0. The molecule has 2 aromatic carbocycles. The molecule has 4 rings (SSSR count). The first-order valence-corrected chi connectivity index (χ1v) is 7.61. The van der Waals surface area contributed by atoms with Gasteiger partial charge < -0.3 is 9.15 Å². The molecule has 2 heterocycles. The van der Waals surface area contributed by atoms with Crippen LogP contribution >= 0.6 is 0 Å². The Kier molecular flexibility index (Phi) is 3.53. The molecule has 4 aromatic rings. The van der Waals surface area contributed by atoms with Crippen molar-refractivity contribution in [3.63, 3.8) is 0 Å². The molecule has 124 valence electrons. The Bertz CT molecular complexity index is 1130. The van der Waals surface area contributed by atoms with Crippen molar-refractivity contribution >= 4 is 27.8 Å². The van der Waals surface area contributed by atoms with E-state index in [0.717, 1.165) is 4.68 Å². The molecule has 0 aliphatic carbocycles. The van der Waals surface area contributed by atoms with E-state index in [1.807, 2.05) is 18.2 Å². The fourth-order valence-electron chi connectivity index (χ4n) is 2.63. The van der Waals surface area contributed by atoms with Gasteiger partial charge in [0.1, 0.15) is 5.52 Å². The summed E-state index contributed by atoms with van der Waals surface area (Å²) in [5.41, 5.74) is 1.12. The molecule has 0 N–H and O–H groups in total. The Balaban J connectivity index is 1.64. The first-order valence-electron chi connectivity index (χ1n) is 7.61. The molecule has 7 heteroatoms. The number of ether oxygens (including phenoxy) is 1. The third kappa shape index (κ3) is 2.65. The van der Waals surface area contributed by atoms with Gasteiger partial charge in [0.2, 0.25) is 5.89 Å². The molecule has 0 bridgehead atoms. The van der Waals surface area contributed by atoms with Crippen LogP contribution in [0.2, 0.25) is 0 Å². The Labute approximate surface area is 141 Å². The average Bonchev–Trinajstić information content (AvgIpc) is 3.06. The molecule has 0 unspecified atom stereocenters. The number of para-hydroxylation sites is 2. The van der Waals surface area contributed by atoms with Crippen molar-refractivity contribution in [3.8, 4) is 0 Å². The lowest BCUT2D eigenvalue weighted by Crippen LogP contribution is -2.23. The number of fused-ring (bicyclic) bond motifs is 2. The third-order valence-electron chi connectivity index (χ3n) is 3.81. The lowest BCUT2D eigenvalue weighted by Gasteiger charge is -2.07. The van der Waals surface area contributed by atoms with Crippen LogP contribution in [0, 0.1) is 0 Å². The summed E-state index contributed by atoms with van der Waals surface area (Å²) in [4.78, 5) is 28.8. The zero-order valence-electron chi connectivity index (χ0n) is 13.3. The molecule has 0 saturated heterocycles. The van der Waals surface area contributed by atoms with Crippen LogP contribution in [-0.2, 0) is 18.4 Å². The van der Waals surface area contributed by atoms with Crippen LogP contribution in [0.3, 0.4) is 0 Å². The lowest BCUT2D eigenvalue weighted by molar-refractivity contribution is 0.0433. The zero-order chi connectivity index (χ0) is 17.4. The fraction of sp³-hybridized carbons (Fsp3) is 0.111. The Morgan fingerprint density at radius 3 is 2.64 bits per heavy atom. The minimum Gasteiger partial charge on any atom is -0.451 e. The molecule has 0 aliphatic rings. The number of carbonyl (C=O) groups excluding carboxylic acids is 1. The van der Waals surface area contributed by atoms with E-state index in [2.05, 4.69) is 10.1 Å². The van der Waals surface area contributed by atoms with Gasteiger partial charge in [0.05, 0.1) is 5.39 Å². The monoisotopic (exact) mass is 335 g/mol. The van der Waals surface area contributed by atoms with Crippen LogP contribution < -0.4 is 5.56 Å². The summed E-state index contributed by atoms with van der Waals surface area (Å²) < 4.78 is 11.9. The second-order valence-electron chi connectivity index (χ2n) is 5.47. The molecular formula is C18H13N3O4. The number of esters is 1. The number of aromatic nitrogens is 3. The summed E-state index contributed by atoms with van der Waals surface area (Å²) in [6, 6.07) is 14.1. The van der Waals surface area contributed by atoms with Gasteiger partial charge in [-0.05, 0) is 18.2 Å². The minimum absolute atomic E-state index is 0.0776.